The summed E-state index contributed by atoms with van der Waals surface area (Å²) in [6.07, 6.45) is 1.86. The summed E-state index contributed by atoms with van der Waals surface area (Å²) in [6.45, 7) is 3.78. The minimum absolute atomic E-state index is 0.173. The molecule has 0 radical (unpaired) electrons. The Hall–Kier alpha value is -2.39. The number of thiazole rings is 1. The lowest BCUT2D eigenvalue weighted by Crippen LogP contribution is -2.06. The number of fused-ring (bicyclic) bond motifs is 1. The third kappa shape index (κ3) is 6.37. The number of aromatic nitrogens is 3. The van der Waals surface area contributed by atoms with E-state index < -0.39 is 0 Å². The Morgan fingerprint density at radius 1 is 1.33 bits per heavy atom. The molecule has 0 amide bonds. The molecule has 2 aromatic heterocycles. The molecule has 3 rings (SSSR count). The number of esters is 1. The van der Waals surface area contributed by atoms with Crippen molar-refractivity contribution in [2.24, 2.45) is 7.05 Å². The maximum absolute atomic E-state index is 10.9. The van der Waals surface area contributed by atoms with E-state index in [1.807, 2.05) is 35.9 Å². The maximum Gasteiger partial charge on any atom is 0.311 e. The van der Waals surface area contributed by atoms with Gasteiger partial charge in [0.2, 0.25) is 0 Å². The first-order chi connectivity index (χ1) is 12.9. The molecule has 9 heteroatoms. The molecular weight excluding hydrogens is 384 g/mol. The number of carbonyl (C=O) groups is 2. The van der Waals surface area contributed by atoms with Crippen molar-refractivity contribution in [1.82, 2.24) is 14.5 Å². The van der Waals surface area contributed by atoms with Gasteiger partial charge in [0.1, 0.15) is 5.78 Å². The molecule has 0 spiro atoms. The second-order valence-corrected chi connectivity index (χ2v) is 7.67. The van der Waals surface area contributed by atoms with Crippen molar-refractivity contribution < 1.29 is 14.3 Å². The van der Waals surface area contributed by atoms with Gasteiger partial charge >= 0.3 is 5.97 Å². The van der Waals surface area contributed by atoms with Gasteiger partial charge in [-0.3, -0.25) is 9.59 Å². The molecule has 0 bridgehead atoms. The van der Waals surface area contributed by atoms with Crippen LogP contribution in [0.3, 0.4) is 0 Å². The quantitative estimate of drug-likeness (QED) is 0.496. The number of nitrogens with zero attached hydrogens (tertiary/aromatic N) is 3. The van der Waals surface area contributed by atoms with Gasteiger partial charge in [0, 0.05) is 18.1 Å². The molecule has 144 valence electrons. The van der Waals surface area contributed by atoms with Crippen LogP contribution in [0.4, 0.5) is 5.13 Å². The lowest BCUT2D eigenvalue weighted by Gasteiger charge is -1.99. The fourth-order valence-electron chi connectivity index (χ4n) is 2.18. The highest BCUT2D eigenvalue weighted by Gasteiger charge is 2.08. The summed E-state index contributed by atoms with van der Waals surface area (Å²) < 4.78 is 6.77. The van der Waals surface area contributed by atoms with Crippen molar-refractivity contribution in [2.75, 3.05) is 18.1 Å². The molecule has 7 nitrogen and oxygen atoms in total. The molecule has 27 heavy (non-hydrogen) atoms. The van der Waals surface area contributed by atoms with Crippen LogP contribution in [0, 0.1) is 0 Å². The maximum atomic E-state index is 10.9. The van der Waals surface area contributed by atoms with Gasteiger partial charge in [-0.15, -0.1) is 11.3 Å². The second-order valence-electron chi connectivity index (χ2n) is 5.58. The summed E-state index contributed by atoms with van der Waals surface area (Å²) in [7, 11) is 1.97. The predicted molar refractivity (Wildman–Crippen MR) is 109 cm³/mol. The van der Waals surface area contributed by atoms with Crippen molar-refractivity contribution in [3.63, 3.8) is 0 Å². The predicted octanol–water partition coefficient (Wildman–Crippen LogP) is 3.09. The van der Waals surface area contributed by atoms with Crippen molar-refractivity contribution in [3.8, 4) is 0 Å². The number of nitrogen functional groups attached to an aromatic ring is 1. The number of thioether (sulfide) groups is 1. The smallest absolute Gasteiger partial charge is 0.311 e. The highest BCUT2D eigenvalue weighted by molar-refractivity contribution is 7.99. The third-order valence-electron chi connectivity index (χ3n) is 3.35. The van der Waals surface area contributed by atoms with Gasteiger partial charge in [0.25, 0.3) is 0 Å². The first kappa shape index (κ1) is 20.9. The van der Waals surface area contributed by atoms with Crippen molar-refractivity contribution in [1.29, 1.82) is 0 Å². The molecule has 1 aromatic carbocycles. The third-order valence-corrected chi connectivity index (χ3v) is 5.35. The largest absolute Gasteiger partial charge is 0.466 e. The van der Waals surface area contributed by atoms with E-state index >= 15 is 0 Å². The number of hydrogen-bond donors (Lipinski definition) is 1. The average molecular weight is 407 g/mol. The zero-order valence-corrected chi connectivity index (χ0v) is 17.1. The van der Waals surface area contributed by atoms with Crippen LogP contribution in [0.15, 0.2) is 35.6 Å². The summed E-state index contributed by atoms with van der Waals surface area (Å²) in [5.74, 6) is 0.421. The van der Waals surface area contributed by atoms with Crippen LogP contribution in [-0.4, -0.2) is 38.6 Å². The van der Waals surface area contributed by atoms with E-state index in [0.29, 0.717) is 17.5 Å². The van der Waals surface area contributed by atoms with Crippen LogP contribution in [0.2, 0.25) is 0 Å². The van der Waals surface area contributed by atoms with E-state index in [1.54, 1.807) is 20.0 Å². The number of nitrogens with two attached hydrogens (primary N) is 1. The molecule has 2 heterocycles. The Morgan fingerprint density at radius 3 is 2.67 bits per heavy atom. The highest BCUT2D eigenvalue weighted by atomic mass is 32.2. The van der Waals surface area contributed by atoms with Crippen molar-refractivity contribution in [2.45, 2.75) is 25.4 Å². The molecule has 0 atom stereocenters. The summed E-state index contributed by atoms with van der Waals surface area (Å²) in [5, 5.41) is 1.38. The number of aryl methyl sites for hydroxylation is 1. The molecule has 0 saturated carbocycles. The number of carbonyl (C=O) groups excluding carboxylic acids is 2. The standard InChI is InChI=1S/C11H12N2OS.C7H10N2O2S/c1-8(14)7-15-11-12-9-5-3-4-6-10(9)13(11)2;1-2-11-6(10)3-5-4-9-7(8)12-5/h3-6H,7H2,1-2H3;4H,2-3H2,1H3,(H2,8,9). The molecule has 0 aliphatic heterocycles. The second kappa shape index (κ2) is 10.1. The number of ether oxygens (including phenoxy) is 1. The Labute approximate surface area is 165 Å². The monoisotopic (exact) mass is 406 g/mol. The molecular formula is C18H22N4O3S2. The van der Waals surface area contributed by atoms with Crippen LogP contribution in [-0.2, 0) is 27.8 Å². The minimum atomic E-state index is -0.235. The van der Waals surface area contributed by atoms with E-state index in [1.165, 1.54) is 23.1 Å². The van der Waals surface area contributed by atoms with Gasteiger partial charge in [0.15, 0.2) is 10.3 Å². The van der Waals surface area contributed by atoms with E-state index in [2.05, 4.69) is 9.97 Å². The van der Waals surface area contributed by atoms with Gasteiger partial charge in [-0.05, 0) is 26.0 Å². The zero-order valence-electron chi connectivity index (χ0n) is 15.5. The lowest BCUT2D eigenvalue weighted by atomic mass is 10.3. The topological polar surface area (TPSA) is 100 Å². The Morgan fingerprint density at radius 2 is 2.07 bits per heavy atom. The summed E-state index contributed by atoms with van der Waals surface area (Å²) in [6, 6.07) is 7.96. The molecule has 0 fully saturated rings. The SMILES string of the molecule is CC(=O)CSc1nc2ccccc2n1C.CCOC(=O)Cc1cnc(N)s1. The molecule has 0 saturated heterocycles. The molecule has 2 N–H and O–H groups in total. The van der Waals surface area contributed by atoms with Crippen LogP contribution >= 0.6 is 23.1 Å². The fraction of sp³-hybridized carbons (Fsp3) is 0.333. The molecule has 0 aliphatic rings. The van der Waals surface area contributed by atoms with Crippen molar-refractivity contribution in [3.05, 3.63) is 35.3 Å². The van der Waals surface area contributed by atoms with E-state index in [0.717, 1.165) is 21.1 Å². The number of para-hydroxylation sites is 2. The summed E-state index contributed by atoms with van der Waals surface area (Å²) >= 11 is 2.79. The van der Waals surface area contributed by atoms with Gasteiger partial charge in [-0.25, -0.2) is 9.97 Å². The minimum Gasteiger partial charge on any atom is -0.466 e. The number of anilines is 1. The van der Waals surface area contributed by atoms with E-state index in [-0.39, 0.29) is 18.2 Å². The average Bonchev–Trinajstić information content (AvgIpc) is 3.17. The van der Waals surface area contributed by atoms with Crippen LogP contribution in [0.1, 0.15) is 18.7 Å². The lowest BCUT2D eigenvalue weighted by molar-refractivity contribution is -0.142. The normalized spacial score (nSPS) is 10.3. The first-order valence-corrected chi connectivity index (χ1v) is 10.1. The zero-order chi connectivity index (χ0) is 19.8. The Balaban J connectivity index is 0.000000199. The number of hydrogen-bond acceptors (Lipinski definition) is 8. The molecule has 0 unspecified atom stereocenters. The fourth-order valence-corrected chi connectivity index (χ4v) is 3.63. The van der Waals surface area contributed by atoms with Crippen LogP contribution in [0.25, 0.3) is 11.0 Å². The first-order valence-electron chi connectivity index (χ1n) is 8.30. The Bertz CT molecular complexity index is 920. The number of imidazole rings is 1. The molecule has 0 aliphatic carbocycles. The number of Topliss-reactive ketones (excluding diaryl/α,β-unsaturated/α-hetero) is 1. The highest BCUT2D eigenvalue weighted by Crippen LogP contribution is 2.22. The van der Waals surface area contributed by atoms with Gasteiger partial charge in [-0.1, -0.05) is 23.9 Å². The van der Waals surface area contributed by atoms with E-state index in [4.69, 9.17) is 10.5 Å². The van der Waals surface area contributed by atoms with Gasteiger partial charge in [0.05, 0.1) is 29.8 Å². The molecule has 3 aromatic rings. The van der Waals surface area contributed by atoms with Crippen LogP contribution in [0.5, 0.6) is 0 Å². The van der Waals surface area contributed by atoms with Gasteiger partial charge < -0.3 is 15.0 Å². The van der Waals surface area contributed by atoms with Crippen LogP contribution < -0.4 is 5.73 Å². The summed E-state index contributed by atoms with van der Waals surface area (Å²) in [5.41, 5.74) is 7.46. The number of benzene rings is 1. The van der Waals surface area contributed by atoms with E-state index in [9.17, 15) is 9.59 Å². The van der Waals surface area contributed by atoms with Crippen molar-refractivity contribution >= 4 is 51.0 Å². The number of rotatable bonds is 6. The number of ketones is 1. The van der Waals surface area contributed by atoms with Gasteiger partial charge in [-0.2, -0.15) is 0 Å². The summed E-state index contributed by atoms with van der Waals surface area (Å²) in [4.78, 5) is 30.9. The Kier molecular flexibility index (Phi) is 7.81.